The van der Waals surface area contributed by atoms with Crippen molar-refractivity contribution >= 4 is 22.6 Å². The van der Waals surface area contributed by atoms with Crippen LogP contribution in [0.3, 0.4) is 0 Å². The molecule has 4 N–H and O–H groups in total. The number of nitrogens with two attached hydrogens (primary N) is 1. The first kappa shape index (κ1) is 23.9. The maximum atomic E-state index is 12.2. The molecule has 9 heteroatoms. The molecule has 1 aliphatic rings. The molecule has 4 aromatic heterocycles. The number of fused-ring (bicyclic) bond motifs is 1. The number of carbonyl (C=O) groups excluding carboxylic acids is 1. The van der Waals surface area contributed by atoms with Crippen LogP contribution in [0.15, 0.2) is 73.7 Å². The topological polar surface area (TPSA) is 124 Å². The van der Waals surface area contributed by atoms with E-state index >= 15 is 0 Å². The summed E-state index contributed by atoms with van der Waals surface area (Å²) in [6, 6.07) is 11.6. The molecule has 0 bridgehead atoms. The van der Waals surface area contributed by atoms with E-state index in [9.17, 15) is 9.90 Å². The zero-order valence-corrected chi connectivity index (χ0v) is 21.1. The fraction of sp³-hybridized carbons (Fsp3) is 0.241. The maximum absolute atomic E-state index is 12.2. The molecule has 192 valence electrons. The first-order chi connectivity index (χ1) is 18.5. The van der Waals surface area contributed by atoms with Crippen molar-refractivity contribution in [3.8, 4) is 22.6 Å². The smallest absolute Gasteiger partial charge is 0.250 e. The van der Waals surface area contributed by atoms with Crippen LogP contribution in [0.25, 0.3) is 33.7 Å². The van der Waals surface area contributed by atoms with Crippen molar-refractivity contribution in [3.63, 3.8) is 0 Å². The minimum Gasteiger partial charge on any atom is -0.393 e. The van der Waals surface area contributed by atoms with Crippen LogP contribution in [0.1, 0.15) is 41.6 Å². The monoisotopic (exact) mass is 507 g/mol. The number of benzene rings is 1. The Morgan fingerprint density at radius 1 is 1.08 bits per heavy atom. The van der Waals surface area contributed by atoms with Gasteiger partial charge in [-0.1, -0.05) is 0 Å². The Morgan fingerprint density at radius 3 is 2.68 bits per heavy atom. The molecule has 1 fully saturated rings. The van der Waals surface area contributed by atoms with Gasteiger partial charge in [-0.05, 0) is 74.6 Å². The molecule has 1 aliphatic carbocycles. The SMILES string of the molecule is Cc1cn(-c2ccc(C(N)=O)c(NC3CCC(O)CC3)c2)c2nccc(-n3cnc(-c4cccnc4)c3)c12. The number of hydrogen-bond acceptors (Lipinski definition) is 6. The van der Waals surface area contributed by atoms with Gasteiger partial charge in [0.1, 0.15) is 5.65 Å². The summed E-state index contributed by atoms with van der Waals surface area (Å²) in [7, 11) is 0. The number of amides is 1. The number of carbonyl (C=O) groups is 1. The van der Waals surface area contributed by atoms with Crippen LogP contribution in [-0.4, -0.2) is 47.2 Å². The van der Waals surface area contributed by atoms with Gasteiger partial charge in [0.25, 0.3) is 5.91 Å². The van der Waals surface area contributed by atoms with Crippen molar-refractivity contribution in [2.45, 2.75) is 44.8 Å². The van der Waals surface area contributed by atoms with E-state index in [1.54, 1.807) is 31.0 Å². The van der Waals surface area contributed by atoms with Crippen molar-refractivity contribution in [2.75, 3.05) is 5.32 Å². The van der Waals surface area contributed by atoms with E-state index in [1.165, 1.54) is 0 Å². The zero-order chi connectivity index (χ0) is 26.2. The predicted molar refractivity (Wildman–Crippen MR) is 147 cm³/mol. The van der Waals surface area contributed by atoms with E-state index in [1.807, 2.05) is 45.7 Å². The van der Waals surface area contributed by atoms with Crippen LogP contribution in [0.2, 0.25) is 0 Å². The van der Waals surface area contributed by atoms with E-state index < -0.39 is 5.91 Å². The summed E-state index contributed by atoms with van der Waals surface area (Å²) in [5.74, 6) is -0.478. The molecular formula is C29H29N7O2. The quantitative estimate of drug-likeness (QED) is 0.313. The fourth-order valence-electron chi connectivity index (χ4n) is 5.31. The molecule has 9 nitrogen and oxygen atoms in total. The first-order valence-corrected chi connectivity index (χ1v) is 12.8. The number of aryl methyl sites for hydroxylation is 1. The average molecular weight is 508 g/mol. The second kappa shape index (κ2) is 9.75. The van der Waals surface area contributed by atoms with Gasteiger partial charge < -0.3 is 25.3 Å². The summed E-state index contributed by atoms with van der Waals surface area (Å²) in [6.07, 6.45) is 14.1. The van der Waals surface area contributed by atoms with Gasteiger partial charge in [-0.15, -0.1) is 0 Å². The average Bonchev–Trinajstić information content (AvgIpc) is 3.56. The van der Waals surface area contributed by atoms with Crippen molar-refractivity contribution in [1.29, 1.82) is 0 Å². The third-order valence-electron chi connectivity index (χ3n) is 7.28. The first-order valence-electron chi connectivity index (χ1n) is 12.8. The third kappa shape index (κ3) is 4.41. The number of imidazole rings is 1. The number of nitrogens with zero attached hydrogens (tertiary/aromatic N) is 5. The molecule has 0 spiro atoms. The Kier molecular flexibility index (Phi) is 6.13. The summed E-state index contributed by atoms with van der Waals surface area (Å²) in [5.41, 5.74) is 12.4. The normalized spacial score (nSPS) is 17.5. The van der Waals surface area contributed by atoms with Crippen LogP contribution in [0.4, 0.5) is 5.69 Å². The van der Waals surface area contributed by atoms with Gasteiger partial charge >= 0.3 is 0 Å². The number of anilines is 1. The summed E-state index contributed by atoms with van der Waals surface area (Å²) in [4.78, 5) is 25.7. The predicted octanol–water partition coefficient (Wildman–Crippen LogP) is 4.40. The molecule has 1 saturated carbocycles. The van der Waals surface area contributed by atoms with Crippen molar-refractivity contribution < 1.29 is 9.90 Å². The Balaban J connectivity index is 1.39. The van der Waals surface area contributed by atoms with Gasteiger partial charge in [0.2, 0.25) is 0 Å². The number of aromatic nitrogens is 5. The summed E-state index contributed by atoms with van der Waals surface area (Å²) < 4.78 is 4.04. The van der Waals surface area contributed by atoms with Crippen LogP contribution < -0.4 is 11.1 Å². The van der Waals surface area contributed by atoms with E-state index in [0.717, 1.165) is 64.9 Å². The molecule has 1 amide bonds. The van der Waals surface area contributed by atoms with E-state index in [4.69, 9.17) is 10.7 Å². The van der Waals surface area contributed by atoms with Gasteiger partial charge in [-0.25, -0.2) is 9.97 Å². The summed E-state index contributed by atoms with van der Waals surface area (Å²) >= 11 is 0. The number of aliphatic hydroxyl groups excluding tert-OH is 1. The Morgan fingerprint density at radius 2 is 1.92 bits per heavy atom. The van der Waals surface area contributed by atoms with Gasteiger partial charge in [-0.3, -0.25) is 9.78 Å². The highest BCUT2D eigenvalue weighted by atomic mass is 16.3. The number of rotatable bonds is 6. The highest BCUT2D eigenvalue weighted by Crippen LogP contribution is 2.32. The van der Waals surface area contributed by atoms with Crippen molar-refractivity contribution in [2.24, 2.45) is 5.73 Å². The van der Waals surface area contributed by atoms with Crippen LogP contribution in [0.5, 0.6) is 0 Å². The van der Waals surface area contributed by atoms with E-state index in [0.29, 0.717) is 11.3 Å². The van der Waals surface area contributed by atoms with Gasteiger partial charge in [0.05, 0.1) is 29.4 Å². The molecule has 5 aromatic rings. The van der Waals surface area contributed by atoms with Gasteiger partial charge in [-0.2, -0.15) is 0 Å². The largest absolute Gasteiger partial charge is 0.393 e. The molecule has 0 radical (unpaired) electrons. The van der Waals surface area contributed by atoms with Crippen molar-refractivity contribution in [1.82, 2.24) is 24.1 Å². The Bertz CT molecular complexity index is 1620. The lowest BCUT2D eigenvalue weighted by atomic mass is 9.92. The second-order valence-electron chi connectivity index (χ2n) is 9.86. The third-order valence-corrected chi connectivity index (χ3v) is 7.28. The molecule has 38 heavy (non-hydrogen) atoms. The minimum atomic E-state index is -0.478. The molecule has 0 atom stereocenters. The lowest BCUT2D eigenvalue weighted by molar-refractivity contribution is 0.100. The number of primary amides is 1. The highest BCUT2D eigenvalue weighted by molar-refractivity contribution is 5.99. The fourth-order valence-corrected chi connectivity index (χ4v) is 5.31. The van der Waals surface area contributed by atoms with Crippen LogP contribution >= 0.6 is 0 Å². The molecular weight excluding hydrogens is 478 g/mol. The molecule has 4 heterocycles. The maximum Gasteiger partial charge on any atom is 0.250 e. The number of pyridine rings is 2. The zero-order valence-electron chi connectivity index (χ0n) is 21.1. The molecule has 0 saturated heterocycles. The van der Waals surface area contributed by atoms with Crippen molar-refractivity contribution in [3.05, 3.63) is 84.8 Å². The highest BCUT2D eigenvalue weighted by Gasteiger charge is 2.22. The standard InChI is InChI=1S/C29H29N7O2/c1-18-15-36(21-6-9-23(28(30)38)24(13-21)34-20-4-7-22(37)8-5-20)29-27(18)26(10-12-32-29)35-16-25(33-17-35)19-3-2-11-31-14-19/h2-3,6,9-17,20,22,34,37H,4-5,7-8H2,1H3,(H2,30,38). The van der Waals surface area contributed by atoms with Gasteiger partial charge in [0, 0.05) is 59.4 Å². The van der Waals surface area contributed by atoms with E-state index in [2.05, 4.69) is 28.4 Å². The second-order valence-corrected chi connectivity index (χ2v) is 9.86. The summed E-state index contributed by atoms with van der Waals surface area (Å²) in [6.45, 7) is 2.06. The summed E-state index contributed by atoms with van der Waals surface area (Å²) in [5, 5.41) is 14.4. The Hall–Kier alpha value is -4.50. The Labute approximate surface area is 220 Å². The number of nitrogens with one attached hydrogen (secondary N) is 1. The lowest BCUT2D eigenvalue weighted by Crippen LogP contribution is -2.29. The lowest BCUT2D eigenvalue weighted by Gasteiger charge is -2.28. The number of aliphatic hydroxyl groups is 1. The molecule has 6 rings (SSSR count). The van der Waals surface area contributed by atoms with Crippen LogP contribution in [-0.2, 0) is 0 Å². The molecule has 0 aliphatic heterocycles. The molecule has 1 aromatic carbocycles. The van der Waals surface area contributed by atoms with Crippen LogP contribution in [0, 0.1) is 6.92 Å². The number of hydrogen-bond donors (Lipinski definition) is 3. The van der Waals surface area contributed by atoms with Gasteiger partial charge in [0.15, 0.2) is 0 Å². The van der Waals surface area contributed by atoms with E-state index in [-0.39, 0.29) is 12.1 Å². The molecule has 0 unspecified atom stereocenters. The minimum absolute atomic E-state index is 0.176.